The van der Waals surface area contributed by atoms with Crippen molar-refractivity contribution in [2.75, 3.05) is 10.6 Å². The molecule has 0 aliphatic rings. The molecule has 0 saturated carbocycles. The highest BCUT2D eigenvalue weighted by molar-refractivity contribution is 9.10. The van der Waals surface area contributed by atoms with Crippen molar-refractivity contribution < 1.29 is 4.79 Å². The van der Waals surface area contributed by atoms with Gasteiger partial charge in [-0.1, -0.05) is 57.2 Å². The van der Waals surface area contributed by atoms with Crippen molar-refractivity contribution in [2.45, 2.75) is 26.2 Å². The molecule has 0 radical (unpaired) electrons. The molecule has 0 aliphatic heterocycles. The summed E-state index contributed by atoms with van der Waals surface area (Å²) >= 11 is 4.81. The molecule has 0 fully saturated rings. The topological polar surface area (TPSA) is 54.0 Å². The van der Waals surface area contributed by atoms with E-state index in [1.54, 1.807) is 0 Å². The number of rotatable bonds is 3. The van der Waals surface area contributed by atoms with E-state index >= 15 is 0 Å². The summed E-state index contributed by atoms with van der Waals surface area (Å²) in [5.74, 6) is 0. The molecule has 134 valence electrons. The fourth-order valence-corrected chi connectivity index (χ4v) is 3.52. The lowest BCUT2D eigenvalue weighted by Gasteiger charge is -2.18. The molecule has 26 heavy (non-hydrogen) atoms. The van der Waals surface area contributed by atoms with Gasteiger partial charge in [0.25, 0.3) is 0 Å². The Hall–Kier alpha value is -2.18. The van der Waals surface area contributed by atoms with Gasteiger partial charge in [0.1, 0.15) is 0 Å². The van der Waals surface area contributed by atoms with Gasteiger partial charge in [0, 0.05) is 15.4 Å². The van der Waals surface area contributed by atoms with Crippen LogP contribution in [0, 0.1) is 0 Å². The van der Waals surface area contributed by atoms with Crippen LogP contribution < -0.4 is 10.6 Å². The van der Waals surface area contributed by atoms with Crippen LogP contribution in [0.2, 0.25) is 0 Å². The van der Waals surface area contributed by atoms with E-state index in [0.29, 0.717) is 10.8 Å². The molecule has 0 aliphatic carbocycles. The van der Waals surface area contributed by atoms with Crippen molar-refractivity contribution in [3.63, 3.8) is 0 Å². The summed E-state index contributed by atoms with van der Waals surface area (Å²) in [5, 5.41) is 8.09. The average molecular weight is 430 g/mol. The number of urea groups is 1. The summed E-state index contributed by atoms with van der Waals surface area (Å²) in [5.41, 5.74) is 4.00. The summed E-state index contributed by atoms with van der Waals surface area (Å²) in [6.45, 7) is 6.57. The average Bonchev–Trinajstić information content (AvgIpc) is 3.05. The van der Waals surface area contributed by atoms with Gasteiger partial charge >= 0.3 is 6.03 Å². The number of benzene rings is 2. The zero-order chi connectivity index (χ0) is 18.7. The smallest absolute Gasteiger partial charge is 0.307 e. The van der Waals surface area contributed by atoms with Gasteiger partial charge < -0.3 is 5.32 Å². The van der Waals surface area contributed by atoms with Gasteiger partial charge in [-0.2, -0.15) is 0 Å². The van der Waals surface area contributed by atoms with Gasteiger partial charge in [0.05, 0.1) is 11.4 Å². The first-order chi connectivity index (χ1) is 12.3. The minimum absolute atomic E-state index is 0.122. The van der Waals surface area contributed by atoms with Crippen LogP contribution in [0.15, 0.2) is 58.4 Å². The number of hydrogen-bond acceptors (Lipinski definition) is 3. The van der Waals surface area contributed by atoms with E-state index < -0.39 is 0 Å². The molecule has 2 amide bonds. The molecule has 0 saturated heterocycles. The van der Waals surface area contributed by atoms with Crippen molar-refractivity contribution >= 4 is 44.1 Å². The Balaban J connectivity index is 1.68. The zero-order valence-electron chi connectivity index (χ0n) is 14.8. The monoisotopic (exact) mass is 429 g/mol. The third-order valence-corrected chi connectivity index (χ3v) is 5.34. The second-order valence-electron chi connectivity index (χ2n) is 6.92. The van der Waals surface area contributed by atoms with Crippen LogP contribution in [0.25, 0.3) is 11.3 Å². The predicted octanol–water partition coefficient (Wildman–Crippen LogP) is 6.51. The molecule has 1 aromatic heterocycles. The van der Waals surface area contributed by atoms with Gasteiger partial charge in [-0.25, -0.2) is 9.78 Å². The van der Waals surface area contributed by atoms with Gasteiger partial charge in [0.15, 0.2) is 5.13 Å². The Kier molecular flexibility index (Phi) is 5.44. The minimum Gasteiger partial charge on any atom is -0.307 e. The minimum atomic E-state index is -0.319. The van der Waals surface area contributed by atoms with Gasteiger partial charge in [-0.15, -0.1) is 11.3 Å². The number of nitrogens with one attached hydrogen (secondary N) is 2. The summed E-state index contributed by atoms with van der Waals surface area (Å²) in [4.78, 5) is 16.7. The molecular formula is C20H20BrN3OS. The molecule has 6 heteroatoms. The first-order valence-corrected chi connectivity index (χ1v) is 9.89. The summed E-state index contributed by atoms with van der Waals surface area (Å²) in [6.07, 6.45) is 0. The van der Waals surface area contributed by atoms with Crippen LogP contribution in [0.1, 0.15) is 26.3 Å². The Labute approximate surface area is 165 Å². The lowest BCUT2D eigenvalue weighted by atomic mass is 9.86. The van der Waals surface area contributed by atoms with E-state index in [4.69, 9.17) is 0 Å². The van der Waals surface area contributed by atoms with Crippen molar-refractivity contribution in [3.8, 4) is 11.3 Å². The zero-order valence-corrected chi connectivity index (χ0v) is 17.2. The standard InChI is InChI=1S/C20H20BrN3OS/c1-20(2,3)14-10-8-13(9-11-14)17-12-26-19(23-17)24-18(25)22-16-7-5-4-6-15(16)21/h4-12H,1-3H3,(H2,22,23,24,25). The van der Waals surface area contributed by atoms with Crippen LogP contribution in [0.3, 0.4) is 0 Å². The SMILES string of the molecule is CC(C)(C)c1ccc(-c2csc(NC(=O)Nc3ccccc3Br)n2)cc1. The maximum atomic E-state index is 12.2. The fraction of sp³-hybridized carbons (Fsp3) is 0.200. The molecule has 0 bridgehead atoms. The summed E-state index contributed by atoms with van der Waals surface area (Å²) in [7, 11) is 0. The van der Waals surface area contributed by atoms with Crippen LogP contribution in [-0.4, -0.2) is 11.0 Å². The predicted molar refractivity (Wildman–Crippen MR) is 113 cm³/mol. The third kappa shape index (κ3) is 4.51. The van der Waals surface area contributed by atoms with E-state index in [2.05, 4.69) is 76.6 Å². The van der Waals surface area contributed by atoms with E-state index in [9.17, 15) is 4.79 Å². The van der Waals surface area contributed by atoms with Crippen LogP contribution in [0.4, 0.5) is 15.6 Å². The van der Waals surface area contributed by atoms with Crippen LogP contribution in [-0.2, 0) is 5.41 Å². The normalized spacial score (nSPS) is 11.2. The highest BCUT2D eigenvalue weighted by atomic mass is 79.9. The van der Waals surface area contributed by atoms with Crippen molar-refractivity contribution in [2.24, 2.45) is 0 Å². The van der Waals surface area contributed by atoms with E-state index in [1.807, 2.05) is 29.6 Å². The summed E-state index contributed by atoms with van der Waals surface area (Å²) < 4.78 is 0.828. The Morgan fingerprint density at radius 3 is 2.38 bits per heavy atom. The number of para-hydroxylation sites is 1. The first-order valence-electron chi connectivity index (χ1n) is 8.22. The maximum absolute atomic E-state index is 12.2. The van der Waals surface area contributed by atoms with Crippen molar-refractivity contribution in [3.05, 3.63) is 63.9 Å². The number of carbonyl (C=O) groups is 1. The highest BCUT2D eigenvalue weighted by Crippen LogP contribution is 2.28. The van der Waals surface area contributed by atoms with Crippen molar-refractivity contribution in [1.29, 1.82) is 0 Å². The largest absolute Gasteiger partial charge is 0.325 e. The Morgan fingerprint density at radius 1 is 1.04 bits per heavy atom. The highest BCUT2D eigenvalue weighted by Gasteiger charge is 2.14. The number of aromatic nitrogens is 1. The number of halogens is 1. The molecule has 1 heterocycles. The Morgan fingerprint density at radius 2 is 1.73 bits per heavy atom. The van der Waals surface area contributed by atoms with E-state index in [1.165, 1.54) is 16.9 Å². The number of anilines is 2. The molecule has 0 spiro atoms. The third-order valence-electron chi connectivity index (χ3n) is 3.89. The molecule has 0 atom stereocenters. The molecular weight excluding hydrogens is 410 g/mol. The molecule has 2 N–H and O–H groups in total. The van der Waals surface area contributed by atoms with E-state index in [-0.39, 0.29) is 11.4 Å². The molecule has 4 nitrogen and oxygen atoms in total. The lowest BCUT2D eigenvalue weighted by Crippen LogP contribution is -2.19. The van der Waals surface area contributed by atoms with Crippen molar-refractivity contribution in [1.82, 2.24) is 4.98 Å². The molecule has 3 aromatic rings. The van der Waals surface area contributed by atoms with Gasteiger partial charge in [0.2, 0.25) is 0 Å². The van der Waals surface area contributed by atoms with E-state index in [0.717, 1.165) is 15.7 Å². The van der Waals surface area contributed by atoms with Crippen LogP contribution >= 0.6 is 27.3 Å². The molecule has 3 rings (SSSR count). The maximum Gasteiger partial charge on any atom is 0.325 e. The molecule has 2 aromatic carbocycles. The lowest BCUT2D eigenvalue weighted by molar-refractivity contribution is 0.262. The number of amides is 2. The fourth-order valence-electron chi connectivity index (χ4n) is 2.42. The second kappa shape index (κ2) is 7.60. The quantitative estimate of drug-likeness (QED) is 0.497. The van der Waals surface area contributed by atoms with Gasteiger partial charge in [-0.05, 0) is 39.0 Å². The second-order valence-corrected chi connectivity index (χ2v) is 8.64. The molecule has 0 unspecified atom stereocenters. The van der Waals surface area contributed by atoms with Crippen LogP contribution in [0.5, 0.6) is 0 Å². The number of nitrogens with zero attached hydrogens (tertiary/aromatic N) is 1. The first kappa shape index (κ1) is 18.6. The van der Waals surface area contributed by atoms with Gasteiger partial charge in [-0.3, -0.25) is 5.32 Å². The summed E-state index contributed by atoms with van der Waals surface area (Å²) in [6, 6.07) is 15.5. The number of thiazole rings is 1. The Bertz CT molecular complexity index is 913. The number of hydrogen-bond donors (Lipinski definition) is 2. The number of carbonyl (C=O) groups excluding carboxylic acids is 1.